The monoisotopic (exact) mass is 324 g/mol. The minimum absolute atomic E-state index is 0. The summed E-state index contributed by atoms with van der Waals surface area (Å²) in [4.78, 5) is 14.5. The van der Waals surface area contributed by atoms with Crippen LogP contribution in [0.5, 0.6) is 5.75 Å². The molecule has 3 rings (SSSR count). The number of nitrogens with zero attached hydrogens (tertiary/aromatic N) is 1. The number of piperidine rings is 1. The van der Waals surface area contributed by atoms with Crippen LogP contribution < -0.4 is 10.1 Å². The van der Waals surface area contributed by atoms with E-state index in [0.717, 1.165) is 49.7 Å². The Hall–Kier alpha value is -1.26. The van der Waals surface area contributed by atoms with Crippen molar-refractivity contribution in [2.75, 3.05) is 26.7 Å². The smallest absolute Gasteiger partial charge is 0.253 e. The lowest BCUT2D eigenvalue weighted by molar-refractivity contribution is 0.0674. The molecule has 0 bridgehead atoms. The molecule has 1 N–H and O–H groups in total. The second-order valence-corrected chi connectivity index (χ2v) is 6.06. The van der Waals surface area contributed by atoms with Gasteiger partial charge in [-0.25, -0.2) is 0 Å². The number of hydrogen-bond acceptors (Lipinski definition) is 3. The average molecular weight is 325 g/mol. The van der Waals surface area contributed by atoms with E-state index in [4.69, 9.17) is 4.74 Å². The standard InChI is InChI=1S/C17H24N2O2.ClH/c1-21-15-5-2-4-14(12-15)17(20)19-10-7-13(8-11-19)16-6-3-9-18-16;/h2,4-5,12-13,16,18H,3,6-11H2,1H3;1H. The number of carbonyl (C=O) groups is 1. The zero-order chi connectivity index (χ0) is 14.7. The molecule has 5 heteroatoms. The number of methoxy groups -OCH3 is 1. The highest BCUT2D eigenvalue weighted by Gasteiger charge is 2.30. The number of rotatable bonds is 3. The molecule has 0 saturated carbocycles. The van der Waals surface area contributed by atoms with Gasteiger partial charge in [0.05, 0.1) is 7.11 Å². The maximum atomic E-state index is 12.6. The molecule has 2 aliphatic heterocycles. The minimum Gasteiger partial charge on any atom is -0.497 e. The molecule has 22 heavy (non-hydrogen) atoms. The average Bonchev–Trinajstić information content (AvgIpc) is 3.09. The number of ether oxygens (including phenoxy) is 1. The van der Waals surface area contributed by atoms with Gasteiger partial charge in [0.1, 0.15) is 5.75 Å². The zero-order valence-corrected chi connectivity index (χ0v) is 13.9. The van der Waals surface area contributed by atoms with Gasteiger partial charge in [-0.2, -0.15) is 0 Å². The minimum atomic E-state index is 0. The van der Waals surface area contributed by atoms with Crippen LogP contribution in [0.2, 0.25) is 0 Å². The summed E-state index contributed by atoms with van der Waals surface area (Å²) in [5.74, 6) is 1.61. The van der Waals surface area contributed by atoms with Crippen LogP contribution in [0.3, 0.4) is 0 Å². The van der Waals surface area contributed by atoms with Gasteiger partial charge in [-0.3, -0.25) is 4.79 Å². The van der Waals surface area contributed by atoms with Crippen LogP contribution in [0.4, 0.5) is 0 Å². The molecular weight excluding hydrogens is 300 g/mol. The Bertz CT molecular complexity index is 495. The Morgan fingerprint density at radius 1 is 1.27 bits per heavy atom. The van der Waals surface area contributed by atoms with Gasteiger partial charge in [0.15, 0.2) is 0 Å². The molecule has 1 aromatic rings. The summed E-state index contributed by atoms with van der Waals surface area (Å²) >= 11 is 0. The number of nitrogens with one attached hydrogen (secondary N) is 1. The van der Waals surface area contributed by atoms with Gasteiger partial charge in [0.2, 0.25) is 0 Å². The molecule has 1 amide bonds. The summed E-state index contributed by atoms with van der Waals surface area (Å²) in [6.45, 7) is 2.91. The van der Waals surface area contributed by atoms with E-state index in [2.05, 4.69) is 5.32 Å². The van der Waals surface area contributed by atoms with E-state index in [9.17, 15) is 4.79 Å². The van der Waals surface area contributed by atoms with E-state index in [1.54, 1.807) is 7.11 Å². The van der Waals surface area contributed by atoms with Gasteiger partial charge < -0.3 is 15.0 Å². The topological polar surface area (TPSA) is 41.6 Å². The highest BCUT2D eigenvalue weighted by Crippen LogP contribution is 2.26. The Labute approximate surface area is 138 Å². The van der Waals surface area contributed by atoms with Crippen LogP contribution >= 0.6 is 12.4 Å². The van der Waals surface area contributed by atoms with Crippen LogP contribution in [-0.4, -0.2) is 43.6 Å². The number of halogens is 1. The molecule has 0 aliphatic carbocycles. The van der Waals surface area contributed by atoms with Crippen molar-refractivity contribution in [1.82, 2.24) is 10.2 Å². The second kappa shape index (κ2) is 7.84. The third-order valence-electron chi connectivity index (χ3n) is 4.81. The van der Waals surface area contributed by atoms with Gasteiger partial charge in [0.25, 0.3) is 5.91 Å². The van der Waals surface area contributed by atoms with E-state index in [1.807, 2.05) is 29.2 Å². The van der Waals surface area contributed by atoms with Crippen molar-refractivity contribution < 1.29 is 9.53 Å². The van der Waals surface area contributed by atoms with Crippen LogP contribution in [-0.2, 0) is 0 Å². The Morgan fingerprint density at radius 3 is 2.68 bits per heavy atom. The predicted molar refractivity (Wildman–Crippen MR) is 89.9 cm³/mol. The fourth-order valence-electron chi connectivity index (χ4n) is 3.56. The van der Waals surface area contributed by atoms with Crippen molar-refractivity contribution in [2.24, 2.45) is 5.92 Å². The molecule has 2 heterocycles. The molecule has 4 nitrogen and oxygen atoms in total. The van der Waals surface area contributed by atoms with Crippen molar-refractivity contribution in [2.45, 2.75) is 31.7 Å². The summed E-state index contributed by atoms with van der Waals surface area (Å²) in [5.41, 5.74) is 0.729. The van der Waals surface area contributed by atoms with Crippen molar-refractivity contribution >= 4 is 18.3 Å². The number of benzene rings is 1. The fourth-order valence-corrected chi connectivity index (χ4v) is 3.56. The molecule has 1 atom stereocenters. The van der Waals surface area contributed by atoms with Crippen molar-refractivity contribution in [3.05, 3.63) is 29.8 Å². The molecule has 1 unspecified atom stereocenters. The van der Waals surface area contributed by atoms with Crippen molar-refractivity contribution in [3.8, 4) is 5.75 Å². The van der Waals surface area contributed by atoms with Crippen LogP contribution in [0, 0.1) is 5.92 Å². The normalized spacial score (nSPS) is 22.2. The number of amides is 1. The molecule has 122 valence electrons. The third kappa shape index (κ3) is 3.73. The molecule has 2 fully saturated rings. The molecular formula is C17H25ClN2O2. The van der Waals surface area contributed by atoms with Crippen LogP contribution in [0.1, 0.15) is 36.0 Å². The van der Waals surface area contributed by atoms with Crippen LogP contribution in [0.15, 0.2) is 24.3 Å². The first-order chi connectivity index (χ1) is 10.3. The van der Waals surface area contributed by atoms with E-state index in [-0.39, 0.29) is 18.3 Å². The number of likely N-dealkylation sites (tertiary alicyclic amines) is 1. The van der Waals surface area contributed by atoms with Crippen molar-refractivity contribution in [3.63, 3.8) is 0 Å². The predicted octanol–water partition coefficient (Wildman–Crippen LogP) is 2.72. The molecule has 1 aromatic carbocycles. The van der Waals surface area contributed by atoms with E-state index in [0.29, 0.717) is 6.04 Å². The largest absolute Gasteiger partial charge is 0.497 e. The van der Waals surface area contributed by atoms with E-state index in [1.165, 1.54) is 12.8 Å². The summed E-state index contributed by atoms with van der Waals surface area (Å²) in [6, 6.07) is 8.12. The molecule has 0 radical (unpaired) electrons. The SMILES string of the molecule is COc1cccc(C(=O)N2CCC(C3CCCN3)CC2)c1.Cl. The van der Waals surface area contributed by atoms with Crippen LogP contribution in [0.25, 0.3) is 0 Å². The highest BCUT2D eigenvalue weighted by molar-refractivity contribution is 5.94. The Kier molecular flexibility index (Phi) is 6.09. The Balaban J connectivity index is 0.00000176. The third-order valence-corrected chi connectivity index (χ3v) is 4.81. The summed E-state index contributed by atoms with van der Waals surface area (Å²) < 4.78 is 5.20. The lowest BCUT2D eigenvalue weighted by Crippen LogP contribution is -2.43. The van der Waals surface area contributed by atoms with E-state index >= 15 is 0 Å². The second-order valence-electron chi connectivity index (χ2n) is 6.06. The summed E-state index contributed by atoms with van der Waals surface area (Å²) in [6.07, 6.45) is 4.84. The lowest BCUT2D eigenvalue weighted by Gasteiger charge is -2.35. The van der Waals surface area contributed by atoms with Crippen molar-refractivity contribution in [1.29, 1.82) is 0 Å². The van der Waals surface area contributed by atoms with Gasteiger partial charge >= 0.3 is 0 Å². The zero-order valence-electron chi connectivity index (χ0n) is 13.1. The van der Waals surface area contributed by atoms with Gasteiger partial charge in [-0.15, -0.1) is 12.4 Å². The molecule has 0 aromatic heterocycles. The molecule has 2 saturated heterocycles. The number of hydrogen-bond donors (Lipinski definition) is 1. The van der Waals surface area contributed by atoms with E-state index < -0.39 is 0 Å². The van der Waals surface area contributed by atoms with Gasteiger partial charge in [-0.05, 0) is 56.3 Å². The fraction of sp³-hybridized carbons (Fsp3) is 0.588. The first kappa shape index (κ1) is 17.1. The molecule has 2 aliphatic rings. The first-order valence-electron chi connectivity index (χ1n) is 7.94. The first-order valence-corrected chi connectivity index (χ1v) is 7.94. The molecule has 0 spiro atoms. The number of carbonyl (C=O) groups excluding carboxylic acids is 1. The highest BCUT2D eigenvalue weighted by atomic mass is 35.5. The quantitative estimate of drug-likeness (QED) is 0.929. The Morgan fingerprint density at radius 2 is 2.05 bits per heavy atom. The summed E-state index contributed by atoms with van der Waals surface area (Å²) in [5, 5.41) is 3.60. The van der Waals surface area contributed by atoms with Gasteiger partial charge in [0, 0.05) is 24.7 Å². The maximum absolute atomic E-state index is 12.6. The lowest BCUT2D eigenvalue weighted by atomic mass is 9.88. The summed E-state index contributed by atoms with van der Waals surface area (Å²) in [7, 11) is 1.63. The van der Waals surface area contributed by atoms with Gasteiger partial charge in [-0.1, -0.05) is 6.07 Å². The maximum Gasteiger partial charge on any atom is 0.253 e.